The molecule has 3 atom stereocenters. The number of carbonyl (C=O) groups excluding carboxylic acids is 4. The summed E-state index contributed by atoms with van der Waals surface area (Å²) in [4.78, 5) is 49.2. The van der Waals surface area contributed by atoms with Crippen molar-refractivity contribution >= 4 is 41.1 Å². The lowest BCUT2D eigenvalue weighted by Gasteiger charge is -2.37. The zero-order valence-electron chi connectivity index (χ0n) is 18.4. The van der Waals surface area contributed by atoms with Gasteiger partial charge in [0.05, 0.1) is 12.9 Å². The Balaban J connectivity index is 1.59. The second-order valence-corrected chi connectivity index (χ2v) is 8.38. The molecular formula is C22H24FN5O5S. The van der Waals surface area contributed by atoms with Crippen LogP contribution in [0.25, 0.3) is 0 Å². The van der Waals surface area contributed by atoms with E-state index < -0.39 is 41.2 Å². The van der Waals surface area contributed by atoms with Crippen molar-refractivity contribution in [3.63, 3.8) is 0 Å². The molecule has 1 saturated heterocycles. The smallest absolute Gasteiger partial charge is 0.252 e. The zero-order valence-corrected chi connectivity index (χ0v) is 19.2. The van der Waals surface area contributed by atoms with Crippen LogP contribution in [0.4, 0.5) is 10.1 Å². The van der Waals surface area contributed by atoms with Crippen molar-refractivity contribution in [2.45, 2.75) is 24.6 Å². The van der Waals surface area contributed by atoms with Gasteiger partial charge in [-0.3, -0.25) is 24.5 Å². The van der Waals surface area contributed by atoms with Crippen molar-refractivity contribution in [3.8, 4) is 5.75 Å². The molecule has 0 aromatic heterocycles. The van der Waals surface area contributed by atoms with Crippen LogP contribution in [0.1, 0.15) is 17.3 Å². The number of thioether (sulfide) groups is 1. The van der Waals surface area contributed by atoms with Crippen LogP contribution in [-0.2, 0) is 14.4 Å². The number of hydrogen-bond acceptors (Lipinski definition) is 7. The van der Waals surface area contributed by atoms with E-state index in [1.165, 1.54) is 26.2 Å². The molecule has 4 amide bonds. The van der Waals surface area contributed by atoms with Crippen molar-refractivity contribution in [1.82, 2.24) is 21.3 Å². The summed E-state index contributed by atoms with van der Waals surface area (Å²) in [5.41, 5.74) is 0.00570. The van der Waals surface area contributed by atoms with Crippen molar-refractivity contribution in [2.24, 2.45) is 0 Å². The van der Waals surface area contributed by atoms with E-state index in [1.807, 2.05) is 0 Å². The maximum Gasteiger partial charge on any atom is 0.252 e. The van der Waals surface area contributed by atoms with E-state index in [4.69, 9.17) is 4.74 Å². The number of benzene rings is 2. The summed E-state index contributed by atoms with van der Waals surface area (Å²) in [5, 5.41) is 13.5. The largest absolute Gasteiger partial charge is 0.497 e. The first kappa shape index (κ1) is 25.0. The Hall–Kier alpha value is -3.64. The second-order valence-electron chi connectivity index (χ2n) is 7.28. The highest BCUT2D eigenvalue weighted by Crippen LogP contribution is 2.18. The maximum atomic E-state index is 13.1. The Morgan fingerprint density at radius 3 is 2.53 bits per heavy atom. The third-order valence-electron chi connectivity index (χ3n) is 4.71. The Labute approximate surface area is 199 Å². The number of hydrogen-bond donors (Lipinski definition) is 5. The molecule has 0 bridgehead atoms. The highest BCUT2D eigenvalue weighted by Gasteiger charge is 2.38. The molecule has 2 aromatic carbocycles. The zero-order chi connectivity index (χ0) is 24.7. The van der Waals surface area contributed by atoms with E-state index >= 15 is 0 Å². The summed E-state index contributed by atoms with van der Waals surface area (Å²) < 4.78 is 18.2. The molecule has 3 unspecified atom stereocenters. The number of rotatable bonds is 8. The molecule has 180 valence electrons. The van der Waals surface area contributed by atoms with Crippen LogP contribution in [0, 0.1) is 5.82 Å². The first-order valence-electron chi connectivity index (χ1n) is 10.2. The molecule has 5 N–H and O–H groups in total. The number of ether oxygens (including phenoxy) is 1. The lowest BCUT2D eigenvalue weighted by Crippen LogP contribution is -2.72. The summed E-state index contributed by atoms with van der Waals surface area (Å²) in [7, 11) is 1.52. The van der Waals surface area contributed by atoms with Crippen LogP contribution in [-0.4, -0.2) is 54.2 Å². The van der Waals surface area contributed by atoms with Crippen LogP contribution in [0.15, 0.2) is 48.5 Å². The molecule has 12 heteroatoms. The summed E-state index contributed by atoms with van der Waals surface area (Å²) in [6.07, 6.45) is -0.936. The van der Waals surface area contributed by atoms with E-state index in [2.05, 4.69) is 26.6 Å². The van der Waals surface area contributed by atoms with E-state index in [9.17, 15) is 23.6 Å². The monoisotopic (exact) mass is 489 g/mol. The van der Waals surface area contributed by atoms with Crippen molar-refractivity contribution in [1.29, 1.82) is 0 Å². The molecular weight excluding hydrogens is 465 g/mol. The average Bonchev–Trinajstić information content (AvgIpc) is 2.80. The van der Waals surface area contributed by atoms with Gasteiger partial charge < -0.3 is 26.0 Å². The third-order valence-corrected chi connectivity index (χ3v) is 5.72. The Kier molecular flexibility index (Phi) is 8.44. The fourth-order valence-electron chi connectivity index (χ4n) is 3.14. The molecule has 0 spiro atoms. The normalized spacial score (nSPS) is 19.5. The molecule has 34 heavy (non-hydrogen) atoms. The van der Waals surface area contributed by atoms with Gasteiger partial charge in [0, 0.05) is 24.2 Å². The number of amides is 4. The minimum atomic E-state index is -1.14. The van der Waals surface area contributed by atoms with E-state index in [1.54, 1.807) is 24.3 Å². The highest BCUT2D eigenvalue weighted by molar-refractivity contribution is 8.00. The fourth-order valence-corrected chi connectivity index (χ4v) is 3.97. The van der Waals surface area contributed by atoms with Crippen LogP contribution < -0.4 is 31.3 Å². The van der Waals surface area contributed by atoms with Gasteiger partial charge in [-0.2, -0.15) is 0 Å². The number of methoxy groups -OCH3 is 1. The van der Waals surface area contributed by atoms with Crippen LogP contribution in [0.5, 0.6) is 5.75 Å². The van der Waals surface area contributed by atoms with Crippen LogP contribution >= 0.6 is 11.8 Å². The molecule has 0 aliphatic carbocycles. The Bertz CT molecular complexity index is 1070. The molecule has 1 fully saturated rings. The van der Waals surface area contributed by atoms with Crippen LogP contribution in [0.2, 0.25) is 0 Å². The predicted molar refractivity (Wildman–Crippen MR) is 124 cm³/mol. The minimum absolute atomic E-state index is 0.00540. The molecule has 1 aliphatic rings. The third kappa shape index (κ3) is 6.93. The summed E-state index contributed by atoms with van der Waals surface area (Å²) in [6, 6.07) is 10.6. The van der Waals surface area contributed by atoms with Crippen LogP contribution in [0.3, 0.4) is 0 Å². The molecule has 3 rings (SSSR count). The van der Waals surface area contributed by atoms with Crippen molar-refractivity contribution in [3.05, 3.63) is 59.9 Å². The van der Waals surface area contributed by atoms with Gasteiger partial charge in [0.1, 0.15) is 29.3 Å². The summed E-state index contributed by atoms with van der Waals surface area (Å²) >= 11 is 1.10. The molecule has 2 aromatic rings. The van der Waals surface area contributed by atoms with Gasteiger partial charge in [0.15, 0.2) is 0 Å². The summed E-state index contributed by atoms with van der Waals surface area (Å²) in [6.45, 7) is 1.27. The predicted octanol–water partition coefficient (Wildman–Crippen LogP) is 0.770. The highest BCUT2D eigenvalue weighted by atomic mass is 32.2. The Morgan fingerprint density at radius 2 is 1.85 bits per heavy atom. The number of nitrogens with one attached hydrogen (secondary N) is 5. The SMILES string of the molecule is COc1cccc(NC(=O)CSC2NC(=O)C(NC(=O)c3ccc(F)cc3)C(NC(C)=O)N2)c1. The van der Waals surface area contributed by atoms with Gasteiger partial charge in [-0.05, 0) is 36.4 Å². The summed E-state index contributed by atoms with van der Waals surface area (Å²) in [5.74, 6) is -1.81. The van der Waals surface area contributed by atoms with Gasteiger partial charge in [-0.15, -0.1) is 11.8 Å². The molecule has 10 nitrogen and oxygen atoms in total. The van der Waals surface area contributed by atoms with Gasteiger partial charge in [0.25, 0.3) is 5.91 Å². The molecule has 1 aliphatic heterocycles. The van der Waals surface area contributed by atoms with E-state index in [0.717, 1.165) is 23.9 Å². The molecule has 0 radical (unpaired) electrons. The molecule has 1 heterocycles. The van der Waals surface area contributed by atoms with Crippen molar-refractivity contribution in [2.75, 3.05) is 18.2 Å². The van der Waals surface area contributed by atoms with Gasteiger partial charge in [0.2, 0.25) is 17.7 Å². The fraction of sp³-hybridized carbons (Fsp3) is 0.273. The van der Waals surface area contributed by atoms with E-state index in [0.29, 0.717) is 11.4 Å². The van der Waals surface area contributed by atoms with Crippen molar-refractivity contribution < 1.29 is 28.3 Å². The lowest BCUT2D eigenvalue weighted by atomic mass is 10.1. The minimum Gasteiger partial charge on any atom is -0.497 e. The van der Waals surface area contributed by atoms with Gasteiger partial charge >= 0.3 is 0 Å². The number of anilines is 1. The quantitative estimate of drug-likeness (QED) is 0.369. The lowest BCUT2D eigenvalue weighted by molar-refractivity contribution is -0.127. The average molecular weight is 490 g/mol. The molecule has 0 saturated carbocycles. The van der Waals surface area contributed by atoms with Gasteiger partial charge in [-0.25, -0.2) is 4.39 Å². The Morgan fingerprint density at radius 1 is 1.12 bits per heavy atom. The number of halogens is 1. The topological polar surface area (TPSA) is 138 Å². The maximum absolute atomic E-state index is 13.1. The first-order valence-corrected chi connectivity index (χ1v) is 11.3. The second kappa shape index (κ2) is 11.5. The standard InChI is InChI=1S/C22H24FN5O5S/c1-12(29)24-19-18(26-20(31)13-6-8-14(23)9-7-13)21(32)28-22(27-19)34-11-17(30)25-15-4-3-5-16(10-15)33-2/h3-10,18-19,22,27H,11H2,1-2H3,(H,24,29)(H,25,30)(H,26,31)(H,28,32). The first-order chi connectivity index (χ1) is 16.2. The van der Waals surface area contributed by atoms with Gasteiger partial charge in [-0.1, -0.05) is 6.07 Å². The van der Waals surface area contributed by atoms with E-state index in [-0.39, 0.29) is 17.2 Å². The number of carbonyl (C=O) groups is 4.